The van der Waals surface area contributed by atoms with Crippen LogP contribution in [0.2, 0.25) is 0 Å². The van der Waals surface area contributed by atoms with Crippen LogP contribution in [0.4, 0.5) is 11.6 Å². The van der Waals surface area contributed by atoms with E-state index in [2.05, 4.69) is 20.3 Å². The molecule has 1 fully saturated rings. The first-order valence-electron chi connectivity index (χ1n) is 6.91. The first-order chi connectivity index (χ1) is 9.51. The third kappa shape index (κ3) is 3.16. The van der Waals surface area contributed by atoms with Crippen LogP contribution in [0.3, 0.4) is 0 Å². The molecule has 2 rings (SSSR count). The second-order valence-corrected chi connectivity index (χ2v) is 5.43. The Morgan fingerprint density at radius 2 is 2.05 bits per heavy atom. The zero-order valence-corrected chi connectivity index (χ0v) is 12.0. The van der Waals surface area contributed by atoms with Gasteiger partial charge in [0, 0.05) is 31.0 Å². The monoisotopic (exact) mass is 278 g/mol. The Bertz CT molecular complexity index is 482. The lowest BCUT2D eigenvalue weighted by atomic mass is 9.96. The Labute approximate surface area is 118 Å². The molecule has 20 heavy (non-hydrogen) atoms. The van der Waals surface area contributed by atoms with E-state index < -0.39 is 0 Å². The fourth-order valence-electron chi connectivity index (χ4n) is 2.34. The second kappa shape index (κ2) is 6.04. The number of hydrogen-bond donors (Lipinski definition) is 3. The number of anilines is 2. The van der Waals surface area contributed by atoms with Crippen molar-refractivity contribution in [3.8, 4) is 0 Å². The quantitative estimate of drug-likeness (QED) is 0.549. The smallest absolute Gasteiger partial charge is 0.220 e. The highest BCUT2D eigenvalue weighted by Gasteiger charge is 2.24. The molecular formula is C13H22N6O. The first kappa shape index (κ1) is 14.5. The molecule has 1 saturated heterocycles. The van der Waals surface area contributed by atoms with Gasteiger partial charge >= 0.3 is 0 Å². The van der Waals surface area contributed by atoms with E-state index >= 15 is 0 Å². The summed E-state index contributed by atoms with van der Waals surface area (Å²) in [5, 5.41) is 0. The predicted octanol–water partition coefficient (Wildman–Crippen LogP) is 0.587. The lowest BCUT2D eigenvalue weighted by Crippen LogP contribution is -2.39. The third-order valence-electron chi connectivity index (χ3n) is 3.62. The lowest BCUT2D eigenvalue weighted by Gasteiger charge is -2.31. The molecule has 0 radical (unpaired) electrons. The third-order valence-corrected chi connectivity index (χ3v) is 3.62. The van der Waals surface area contributed by atoms with E-state index in [1.54, 1.807) is 0 Å². The van der Waals surface area contributed by atoms with Crippen molar-refractivity contribution in [1.82, 2.24) is 9.97 Å². The van der Waals surface area contributed by atoms with Gasteiger partial charge in [-0.05, 0) is 12.8 Å². The molecule has 5 N–H and O–H groups in total. The molecule has 0 saturated carbocycles. The number of nitrogens with two attached hydrogens (primary N) is 2. The van der Waals surface area contributed by atoms with Crippen LogP contribution >= 0.6 is 0 Å². The van der Waals surface area contributed by atoms with Crippen LogP contribution in [-0.4, -0.2) is 29.0 Å². The second-order valence-electron chi connectivity index (χ2n) is 5.43. The van der Waals surface area contributed by atoms with Crippen molar-refractivity contribution in [2.24, 2.45) is 17.5 Å². The number of amides is 1. The SMILES string of the molecule is CC(C)c1nc(NN)cc(N2CCC(C(N)=O)CC2)n1. The number of nitrogen functional groups attached to an aromatic ring is 1. The van der Waals surface area contributed by atoms with Crippen molar-refractivity contribution in [2.45, 2.75) is 32.6 Å². The Morgan fingerprint density at radius 1 is 1.40 bits per heavy atom. The van der Waals surface area contributed by atoms with E-state index in [0.717, 1.165) is 37.6 Å². The van der Waals surface area contributed by atoms with Crippen molar-refractivity contribution in [2.75, 3.05) is 23.4 Å². The normalized spacial score (nSPS) is 16.5. The van der Waals surface area contributed by atoms with Gasteiger partial charge in [0.1, 0.15) is 17.5 Å². The Hall–Kier alpha value is -1.89. The topological polar surface area (TPSA) is 110 Å². The summed E-state index contributed by atoms with van der Waals surface area (Å²) in [6, 6.07) is 1.83. The average molecular weight is 278 g/mol. The van der Waals surface area contributed by atoms with Crippen molar-refractivity contribution < 1.29 is 4.79 Å². The van der Waals surface area contributed by atoms with E-state index in [-0.39, 0.29) is 17.7 Å². The van der Waals surface area contributed by atoms with Gasteiger partial charge in [-0.15, -0.1) is 0 Å². The highest BCUT2D eigenvalue weighted by atomic mass is 16.1. The predicted molar refractivity (Wildman–Crippen MR) is 78.1 cm³/mol. The number of nitrogens with one attached hydrogen (secondary N) is 1. The highest BCUT2D eigenvalue weighted by Crippen LogP contribution is 2.24. The molecule has 1 aliphatic heterocycles. The van der Waals surface area contributed by atoms with Crippen LogP contribution in [0.5, 0.6) is 0 Å². The molecular weight excluding hydrogens is 256 g/mol. The van der Waals surface area contributed by atoms with Crippen LogP contribution in [0, 0.1) is 5.92 Å². The molecule has 0 aliphatic carbocycles. The van der Waals surface area contributed by atoms with Gasteiger partial charge in [-0.3, -0.25) is 4.79 Å². The molecule has 2 heterocycles. The Morgan fingerprint density at radius 3 is 2.55 bits per heavy atom. The number of carbonyl (C=O) groups excluding carboxylic acids is 1. The van der Waals surface area contributed by atoms with Gasteiger partial charge in [-0.1, -0.05) is 13.8 Å². The van der Waals surface area contributed by atoms with Gasteiger partial charge in [0.2, 0.25) is 5.91 Å². The number of rotatable bonds is 4. The summed E-state index contributed by atoms with van der Waals surface area (Å²) in [6.45, 7) is 5.62. The zero-order valence-electron chi connectivity index (χ0n) is 12.0. The van der Waals surface area contributed by atoms with Gasteiger partial charge in [0.25, 0.3) is 0 Å². The molecule has 7 nitrogen and oxygen atoms in total. The van der Waals surface area contributed by atoms with Crippen molar-refractivity contribution in [1.29, 1.82) is 0 Å². The van der Waals surface area contributed by atoms with Crippen molar-refractivity contribution in [3.63, 3.8) is 0 Å². The molecule has 110 valence electrons. The van der Waals surface area contributed by atoms with Gasteiger partial charge in [-0.25, -0.2) is 15.8 Å². The minimum atomic E-state index is -0.209. The Balaban J connectivity index is 2.16. The van der Waals surface area contributed by atoms with Crippen molar-refractivity contribution in [3.05, 3.63) is 11.9 Å². The fourth-order valence-corrected chi connectivity index (χ4v) is 2.34. The molecule has 1 aromatic heterocycles. The highest BCUT2D eigenvalue weighted by molar-refractivity contribution is 5.77. The zero-order chi connectivity index (χ0) is 14.7. The summed E-state index contributed by atoms with van der Waals surface area (Å²) >= 11 is 0. The standard InChI is InChI=1S/C13H22N6O/c1-8(2)13-16-10(18-15)7-11(17-13)19-5-3-9(4-6-19)12(14)20/h7-9H,3-6,15H2,1-2H3,(H2,14,20)(H,16,17,18). The van der Waals surface area contributed by atoms with Crippen LogP contribution in [0.1, 0.15) is 38.4 Å². The number of hydrazine groups is 1. The van der Waals surface area contributed by atoms with Gasteiger partial charge in [0.05, 0.1) is 0 Å². The molecule has 0 spiro atoms. The van der Waals surface area contributed by atoms with E-state index in [0.29, 0.717) is 5.82 Å². The maximum absolute atomic E-state index is 11.2. The molecule has 1 aliphatic rings. The number of hydrogen-bond acceptors (Lipinski definition) is 6. The molecule has 1 amide bonds. The van der Waals surface area contributed by atoms with Gasteiger partial charge < -0.3 is 16.1 Å². The summed E-state index contributed by atoms with van der Waals surface area (Å²) < 4.78 is 0. The molecule has 7 heteroatoms. The summed E-state index contributed by atoms with van der Waals surface area (Å²) in [5.74, 6) is 7.66. The van der Waals surface area contributed by atoms with Gasteiger partial charge in [0.15, 0.2) is 0 Å². The number of nitrogens with zero attached hydrogens (tertiary/aromatic N) is 3. The maximum Gasteiger partial charge on any atom is 0.220 e. The minimum Gasteiger partial charge on any atom is -0.369 e. The summed E-state index contributed by atoms with van der Waals surface area (Å²) in [4.78, 5) is 22.3. The summed E-state index contributed by atoms with van der Waals surface area (Å²) in [6.07, 6.45) is 1.53. The van der Waals surface area contributed by atoms with E-state index in [1.165, 1.54) is 0 Å². The first-order valence-corrected chi connectivity index (χ1v) is 6.91. The van der Waals surface area contributed by atoms with E-state index in [4.69, 9.17) is 11.6 Å². The summed E-state index contributed by atoms with van der Waals surface area (Å²) in [5.41, 5.74) is 7.93. The minimum absolute atomic E-state index is 0.0234. The molecule has 0 unspecified atom stereocenters. The molecule has 1 aromatic rings. The fraction of sp³-hybridized carbons (Fsp3) is 0.615. The van der Waals surface area contributed by atoms with Crippen LogP contribution in [0.15, 0.2) is 6.07 Å². The van der Waals surface area contributed by atoms with Crippen LogP contribution in [-0.2, 0) is 4.79 Å². The van der Waals surface area contributed by atoms with E-state index in [9.17, 15) is 4.79 Å². The largest absolute Gasteiger partial charge is 0.369 e. The van der Waals surface area contributed by atoms with Crippen LogP contribution in [0.25, 0.3) is 0 Å². The van der Waals surface area contributed by atoms with Gasteiger partial charge in [-0.2, -0.15) is 0 Å². The van der Waals surface area contributed by atoms with Crippen molar-refractivity contribution >= 4 is 17.5 Å². The average Bonchev–Trinajstić information content (AvgIpc) is 2.46. The molecule has 0 atom stereocenters. The molecule has 0 aromatic carbocycles. The van der Waals surface area contributed by atoms with Crippen LogP contribution < -0.4 is 21.9 Å². The molecule has 0 bridgehead atoms. The number of aromatic nitrogens is 2. The maximum atomic E-state index is 11.2. The number of piperidine rings is 1. The lowest BCUT2D eigenvalue weighted by molar-refractivity contribution is -0.122. The Kier molecular flexibility index (Phi) is 4.39. The van der Waals surface area contributed by atoms with E-state index in [1.807, 2.05) is 19.9 Å². The number of carbonyl (C=O) groups is 1. The number of primary amides is 1. The summed E-state index contributed by atoms with van der Waals surface area (Å²) in [7, 11) is 0.